The highest BCUT2D eigenvalue weighted by Crippen LogP contribution is 2.23. The van der Waals surface area contributed by atoms with Crippen molar-refractivity contribution in [1.29, 1.82) is 0 Å². The maximum absolute atomic E-state index is 12.7. The normalized spacial score (nSPS) is 20.5. The Morgan fingerprint density at radius 1 is 1.27 bits per heavy atom. The van der Waals surface area contributed by atoms with Gasteiger partial charge in [0.15, 0.2) is 5.78 Å². The summed E-state index contributed by atoms with van der Waals surface area (Å²) in [4.78, 5) is 26.1. The monoisotopic (exact) mass is 303 g/mol. The average Bonchev–Trinajstić information content (AvgIpc) is 2.54. The number of piperidine rings is 1. The van der Waals surface area contributed by atoms with Crippen molar-refractivity contribution in [3.05, 3.63) is 35.9 Å². The van der Waals surface area contributed by atoms with Gasteiger partial charge in [0.25, 0.3) is 0 Å². The summed E-state index contributed by atoms with van der Waals surface area (Å²) in [6.45, 7) is 3.68. The number of Topliss-reactive ketones (excluding diaryl/α,β-unsaturated/α-hetero) is 1. The van der Waals surface area contributed by atoms with Gasteiger partial charge in [0.1, 0.15) is 0 Å². The quantitative estimate of drug-likeness (QED) is 0.786. The molecule has 1 aliphatic rings. The second-order valence-corrected chi connectivity index (χ2v) is 6.08. The van der Waals surface area contributed by atoms with Crippen LogP contribution in [0.3, 0.4) is 0 Å². The zero-order valence-corrected chi connectivity index (χ0v) is 13.2. The van der Waals surface area contributed by atoms with Gasteiger partial charge in [-0.15, -0.1) is 0 Å². The van der Waals surface area contributed by atoms with E-state index in [1.165, 1.54) is 6.42 Å². The predicted molar refractivity (Wildman–Crippen MR) is 86.0 cm³/mol. The molecule has 0 radical (unpaired) electrons. The molecule has 120 valence electrons. The number of hydrogen-bond donors (Lipinski definition) is 1. The van der Waals surface area contributed by atoms with E-state index < -0.39 is 11.9 Å². The number of ketones is 1. The largest absolute Gasteiger partial charge is 0.481 e. The molecule has 4 heteroatoms. The van der Waals surface area contributed by atoms with Crippen LogP contribution in [0.25, 0.3) is 0 Å². The van der Waals surface area contributed by atoms with Crippen LogP contribution < -0.4 is 0 Å². The predicted octanol–water partition coefficient (Wildman–Crippen LogP) is 3.22. The summed E-state index contributed by atoms with van der Waals surface area (Å²) in [5, 5.41) is 9.16. The van der Waals surface area contributed by atoms with Crippen LogP contribution in [0.1, 0.15) is 49.4 Å². The van der Waals surface area contributed by atoms with Gasteiger partial charge in [0.05, 0.1) is 6.42 Å². The number of hydrogen-bond acceptors (Lipinski definition) is 3. The summed E-state index contributed by atoms with van der Waals surface area (Å²) < 4.78 is 0. The molecule has 0 saturated carbocycles. The van der Waals surface area contributed by atoms with Gasteiger partial charge in [-0.25, -0.2) is 0 Å². The van der Waals surface area contributed by atoms with Crippen molar-refractivity contribution in [3.63, 3.8) is 0 Å². The Bertz CT molecular complexity index is 500. The highest BCUT2D eigenvalue weighted by atomic mass is 16.4. The van der Waals surface area contributed by atoms with E-state index >= 15 is 0 Å². The Morgan fingerprint density at radius 2 is 2.00 bits per heavy atom. The molecule has 0 amide bonds. The van der Waals surface area contributed by atoms with Crippen molar-refractivity contribution in [2.24, 2.45) is 5.92 Å². The number of carboxylic acid groups (broad SMARTS) is 1. The Balaban J connectivity index is 2.11. The first-order valence-corrected chi connectivity index (χ1v) is 8.17. The Labute approximate surface area is 132 Å². The lowest BCUT2D eigenvalue weighted by atomic mass is 9.91. The molecule has 2 atom stereocenters. The first kappa shape index (κ1) is 16.7. The third kappa shape index (κ3) is 4.41. The molecule has 1 aromatic rings. The molecule has 1 heterocycles. The van der Waals surface area contributed by atoms with E-state index in [0.29, 0.717) is 18.2 Å². The molecule has 0 spiro atoms. The van der Waals surface area contributed by atoms with E-state index in [-0.39, 0.29) is 12.2 Å². The van der Waals surface area contributed by atoms with Gasteiger partial charge in [-0.1, -0.05) is 43.7 Å². The van der Waals surface area contributed by atoms with Gasteiger partial charge in [0, 0.05) is 24.1 Å². The fourth-order valence-electron chi connectivity index (χ4n) is 3.33. The smallest absolute Gasteiger partial charge is 0.304 e. The second-order valence-electron chi connectivity index (χ2n) is 6.08. The van der Waals surface area contributed by atoms with Gasteiger partial charge >= 0.3 is 5.97 Å². The number of carbonyl (C=O) groups excluding carboxylic acids is 1. The fraction of sp³-hybridized carbons (Fsp3) is 0.556. The fourth-order valence-corrected chi connectivity index (χ4v) is 3.33. The minimum absolute atomic E-state index is 0.0524. The van der Waals surface area contributed by atoms with E-state index in [4.69, 9.17) is 5.11 Å². The third-order valence-electron chi connectivity index (χ3n) is 4.53. The molecule has 1 N–H and O–H groups in total. The highest BCUT2D eigenvalue weighted by Gasteiger charge is 2.29. The number of carboxylic acids is 1. The number of nitrogens with zero attached hydrogens (tertiary/aromatic N) is 1. The van der Waals surface area contributed by atoms with Crippen LogP contribution in [0.5, 0.6) is 0 Å². The van der Waals surface area contributed by atoms with E-state index in [1.807, 2.05) is 18.2 Å². The highest BCUT2D eigenvalue weighted by molar-refractivity contribution is 5.99. The van der Waals surface area contributed by atoms with Crippen LogP contribution in [0.2, 0.25) is 0 Å². The number of carbonyl (C=O) groups is 2. The van der Waals surface area contributed by atoms with Gasteiger partial charge in [0.2, 0.25) is 0 Å². The van der Waals surface area contributed by atoms with E-state index in [2.05, 4.69) is 11.8 Å². The molecular weight excluding hydrogens is 278 g/mol. The summed E-state index contributed by atoms with van der Waals surface area (Å²) >= 11 is 0. The molecular formula is C18H25NO3. The lowest BCUT2D eigenvalue weighted by Gasteiger charge is -2.37. The molecule has 22 heavy (non-hydrogen) atoms. The Morgan fingerprint density at radius 3 is 2.64 bits per heavy atom. The molecule has 1 fully saturated rings. The minimum atomic E-state index is -0.903. The van der Waals surface area contributed by atoms with Gasteiger partial charge < -0.3 is 5.11 Å². The maximum Gasteiger partial charge on any atom is 0.304 e. The number of benzene rings is 1. The van der Waals surface area contributed by atoms with Crippen LogP contribution in [0.4, 0.5) is 0 Å². The third-order valence-corrected chi connectivity index (χ3v) is 4.53. The summed E-state index contributed by atoms with van der Waals surface area (Å²) in [5.41, 5.74) is 0.610. The van der Waals surface area contributed by atoms with Crippen molar-refractivity contribution < 1.29 is 14.7 Å². The van der Waals surface area contributed by atoms with Gasteiger partial charge in [-0.05, 0) is 25.8 Å². The summed E-state index contributed by atoms with van der Waals surface area (Å²) in [6.07, 6.45) is 4.47. The van der Waals surface area contributed by atoms with E-state index in [0.717, 1.165) is 25.8 Å². The first-order valence-electron chi connectivity index (χ1n) is 8.17. The maximum atomic E-state index is 12.7. The van der Waals surface area contributed by atoms with Crippen molar-refractivity contribution in [3.8, 4) is 0 Å². The zero-order chi connectivity index (χ0) is 15.9. The summed E-state index contributed by atoms with van der Waals surface area (Å²) in [7, 11) is 0. The molecule has 2 rings (SSSR count). The topological polar surface area (TPSA) is 57.6 Å². The van der Waals surface area contributed by atoms with Crippen LogP contribution in [0, 0.1) is 5.92 Å². The number of rotatable bonds is 7. The van der Waals surface area contributed by atoms with Crippen molar-refractivity contribution in [2.45, 2.75) is 45.1 Å². The van der Waals surface area contributed by atoms with Crippen LogP contribution >= 0.6 is 0 Å². The molecule has 2 unspecified atom stereocenters. The Hall–Kier alpha value is -1.68. The van der Waals surface area contributed by atoms with Crippen LogP contribution in [-0.4, -0.2) is 40.9 Å². The van der Waals surface area contributed by atoms with Crippen molar-refractivity contribution in [1.82, 2.24) is 4.90 Å². The lowest BCUT2D eigenvalue weighted by Crippen LogP contribution is -2.43. The van der Waals surface area contributed by atoms with Gasteiger partial charge in [-0.2, -0.15) is 0 Å². The number of aliphatic carboxylic acids is 1. The molecule has 4 nitrogen and oxygen atoms in total. The zero-order valence-electron chi connectivity index (χ0n) is 13.2. The molecule has 1 aromatic carbocycles. The molecule has 1 aliphatic heterocycles. The van der Waals surface area contributed by atoms with E-state index in [1.54, 1.807) is 12.1 Å². The number of likely N-dealkylation sites (tertiary alicyclic amines) is 1. The second kappa shape index (κ2) is 8.08. The van der Waals surface area contributed by atoms with Gasteiger partial charge in [-0.3, -0.25) is 14.5 Å². The van der Waals surface area contributed by atoms with Crippen molar-refractivity contribution in [2.75, 3.05) is 13.1 Å². The molecule has 1 saturated heterocycles. The molecule has 0 bridgehead atoms. The van der Waals surface area contributed by atoms with Crippen molar-refractivity contribution >= 4 is 11.8 Å². The standard InChI is InChI=1S/C18H25NO3/c1-2-16-10-6-7-11-19(16)13-15(12-17(20)21)18(22)14-8-4-3-5-9-14/h3-5,8-9,15-16H,2,6-7,10-13H2,1H3,(H,20,21). The summed E-state index contributed by atoms with van der Waals surface area (Å²) in [6, 6.07) is 9.52. The SMILES string of the molecule is CCC1CCCCN1CC(CC(=O)O)C(=O)c1ccccc1. The van der Waals surface area contributed by atoms with Crippen LogP contribution in [0.15, 0.2) is 30.3 Å². The first-order chi connectivity index (χ1) is 10.6. The van der Waals surface area contributed by atoms with E-state index in [9.17, 15) is 9.59 Å². The van der Waals surface area contributed by atoms with Crippen LogP contribution in [-0.2, 0) is 4.79 Å². The lowest BCUT2D eigenvalue weighted by molar-refractivity contribution is -0.138. The molecule has 0 aliphatic carbocycles. The molecule has 0 aromatic heterocycles. The minimum Gasteiger partial charge on any atom is -0.481 e. The average molecular weight is 303 g/mol. The summed E-state index contributed by atoms with van der Waals surface area (Å²) in [5.74, 6) is -1.42. The Kier molecular flexibility index (Phi) is 6.13.